The largest absolute Gasteiger partial charge is 0.0985 e. The lowest BCUT2D eigenvalue weighted by molar-refractivity contribution is 0.869. The predicted octanol–water partition coefficient (Wildman–Crippen LogP) is 4.56. The van der Waals surface area contributed by atoms with Crippen molar-refractivity contribution in [3.8, 4) is 11.1 Å². The summed E-state index contributed by atoms with van der Waals surface area (Å²) in [6.45, 7) is 8.24. The first-order valence-corrected chi connectivity index (χ1v) is 5.37. The molecule has 0 aromatic rings. The molecular weight excluding hydrogens is 180 g/mol. The topological polar surface area (TPSA) is 0 Å². The molecule has 0 heteroatoms. The van der Waals surface area contributed by atoms with Crippen molar-refractivity contribution in [2.45, 2.75) is 19.8 Å². The normalized spacial score (nSPS) is 10.9. The number of hydrogen-bond acceptors (Lipinski definition) is 0. The zero-order valence-electron chi connectivity index (χ0n) is 9.33. The highest BCUT2D eigenvalue weighted by Crippen LogP contribution is 2.28. The second-order valence-electron chi connectivity index (χ2n) is 4.23. The van der Waals surface area contributed by atoms with E-state index in [1.807, 2.05) is 6.08 Å². The fourth-order valence-corrected chi connectivity index (χ4v) is 1.80. The second-order valence-corrected chi connectivity index (χ2v) is 4.23. The third-order valence-corrected chi connectivity index (χ3v) is 2.77. The molecule has 0 heterocycles. The molecule has 0 fully saturated rings. The molecule has 0 nitrogen and oxygen atoms in total. The molecule has 0 spiro atoms. The Morgan fingerprint density at radius 1 is 1.07 bits per heavy atom. The van der Waals surface area contributed by atoms with Gasteiger partial charge in [-0.15, -0.1) is 0 Å². The molecule has 0 bridgehead atoms. The van der Waals surface area contributed by atoms with Crippen molar-refractivity contribution in [2.24, 2.45) is 0 Å². The summed E-state index contributed by atoms with van der Waals surface area (Å²) in [6.07, 6.45) is 1.90. The second kappa shape index (κ2) is 3.90. The Morgan fingerprint density at radius 2 is 1.80 bits per heavy atom. The van der Waals surface area contributed by atoms with Crippen LogP contribution in [0.1, 0.15) is 30.9 Å². The average Bonchev–Trinajstić information content (AvgIpc) is 2.49. The average molecular weight is 196 g/mol. The van der Waals surface area contributed by atoms with Crippen molar-refractivity contribution in [1.29, 1.82) is 0 Å². The van der Waals surface area contributed by atoms with Crippen LogP contribution in [0.4, 0.5) is 0 Å². The van der Waals surface area contributed by atoms with E-state index in [1.165, 1.54) is 22.3 Å². The molecule has 0 atom stereocenters. The van der Waals surface area contributed by atoms with Crippen LogP contribution < -0.4 is 0 Å². The maximum atomic E-state index is 3.80. The first-order valence-electron chi connectivity index (χ1n) is 5.37. The molecule has 0 N–H and O–H groups in total. The summed E-state index contributed by atoms with van der Waals surface area (Å²) < 4.78 is 0. The van der Waals surface area contributed by atoms with Gasteiger partial charge in [-0.2, -0.15) is 0 Å². The third-order valence-electron chi connectivity index (χ3n) is 2.77. The summed E-state index contributed by atoms with van der Waals surface area (Å²) in [5, 5.41) is 0. The molecule has 2 aliphatic rings. The zero-order chi connectivity index (χ0) is 10.8. The number of hydrogen-bond donors (Lipinski definition) is 0. The molecule has 0 aliphatic heterocycles. The van der Waals surface area contributed by atoms with E-state index in [-0.39, 0.29) is 0 Å². The van der Waals surface area contributed by atoms with Crippen molar-refractivity contribution in [1.82, 2.24) is 0 Å². The van der Waals surface area contributed by atoms with E-state index in [2.05, 4.69) is 56.8 Å². The molecule has 0 aromatic carbocycles. The lowest BCUT2D eigenvalue weighted by Gasteiger charge is -2.01. The van der Waals surface area contributed by atoms with Crippen LogP contribution in [0.15, 0.2) is 43.0 Å². The SMILES string of the molecule is C=Cc1cc2cccc(C(C)C)cc-2c1. The smallest absolute Gasteiger partial charge is 0.0175 e. The molecule has 76 valence electrons. The van der Waals surface area contributed by atoms with Gasteiger partial charge in [-0.05, 0) is 40.3 Å². The summed E-state index contributed by atoms with van der Waals surface area (Å²) in [5.41, 5.74) is 5.17. The standard InChI is InChI=1S/C15H16/c1-4-12-8-14-7-5-6-13(11(2)3)10-15(14)9-12/h4-11H,1H2,2-3H3. The summed E-state index contributed by atoms with van der Waals surface area (Å²) in [5.74, 6) is 0.572. The molecule has 0 unspecified atom stereocenters. The molecule has 2 rings (SSSR count). The fraction of sp³-hybridized carbons (Fsp3) is 0.200. The molecule has 2 aliphatic carbocycles. The summed E-state index contributed by atoms with van der Waals surface area (Å²) in [6, 6.07) is 13.1. The van der Waals surface area contributed by atoms with Gasteiger partial charge in [0.05, 0.1) is 0 Å². The van der Waals surface area contributed by atoms with Crippen molar-refractivity contribution < 1.29 is 0 Å². The van der Waals surface area contributed by atoms with E-state index < -0.39 is 0 Å². The van der Waals surface area contributed by atoms with Crippen molar-refractivity contribution >= 4 is 6.08 Å². The molecule has 0 aromatic heterocycles. The van der Waals surface area contributed by atoms with E-state index >= 15 is 0 Å². The quantitative estimate of drug-likeness (QED) is 0.660. The van der Waals surface area contributed by atoms with E-state index in [1.54, 1.807) is 0 Å². The van der Waals surface area contributed by atoms with E-state index in [0.717, 1.165) is 0 Å². The van der Waals surface area contributed by atoms with E-state index in [0.29, 0.717) is 5.92 Å². The lowest BCUT2D eigenvalue weighted by Crippen LogP contribution is -1.82. The Bertz CT molecular complexity index is 452. The van der Waals surface area contributed by atoms with Gasteiger partial charge >= 0.3 is 0 Å². The molecule has 0 saturated carbocycles. The van der Waals surface area contributed by atoms with Gasteiger partial charge < -0.3 is 0 Å². The van der Waals surface area contributed by atoms with Gasteiger partial charge in [-0.1, -0.05) is 50.8 Å². The van der Waals surface area contributed by atoms with Crippen molar-refractivity contribution in [3.05, 3.63) is 54.1 Å². The Labute approximate surface area is 91.6 Å². The summed E-state index contributed by atoms with van der Waals surface area (Å²) in [7, 11) is 0. The monoisotopic (exact) mass is 196 g/mol. The fourth-order valence-electron chi connectivity index (χ4n) is 1.80. The van der Waals surface area contributed by atoms with Crippen LogP contribution in [0.2, 0.25) is 0 Å². The van der Waals surface area contributed by atoms with Gasteiger partial charge in [-0.25, -0.2) is 0 Å². The molecule has 15 heavy (non-hydrogen) atoms. The zero-order valence-corrected chi connectivity index (χ0v) is 9.33. The van der Waals surface area contributed by atoms with Gasteiger partial charge in [-0.3, -0.25) is 0 Å². The Morgan fingerprint density at radius 3 is 2.47 bits per heavy atom. The molecule has 0 radical (unpaired) electrons. The van der Waals surface area contributed by atoms with Crippen LogP contribution in [0.25, 0.3) is 17.2 Å². The highest BCUT2D eigenvalue weighted by molar-refractivity contribution is 5.73. The van der Waals surface area contributed by atoms with Crippen LogP contribution in [0, 0.1) is 0 Å². The number of fused-ring (bicyclic) bond motifs is 1. The van der Waals surface area contributed by atoms with Crippen LogP contribution in [0.3, 0.4) is 0 Å². The highest BCUT2D eigenvalue weighted by Gasteiger charge is 2.05. The molecular formula is C15H16. The number of rotatable bonds is 2. The first kappa shape index (κ1) is 9.97. The van der Waals surface area contributed by atoms with E-state index in [9.17, 15) is 0 Å². The summed E-state index contributed by atoms with van der Waals surface area (Å²) >= 11 is 0. The van der Waals surface area contributed by atoms with Crippen molar-refractivity contribution in [3.63, 3.8) is 0 Å². The van der Waals surface area contributed by atoms with Gasteiger partial charge in [0.2, 0.25) is 0 Å². The summed E-state index contributed by atoms with van der Waals surface area (Å²) in [4.78, 5) is 0. The third kappa shape index (κ3) is 1.94. The maximum absolute atomic E-state index is 3.80. The first-order chi connectivity index (χ1) is 7.20. The Kier molecular flexibility index (Phi) is 2.59. The minimum atomic E-state index is 0.572. The van der Waals surface area contributed by atoms with E-state index in [4.69, 9.17) is 0 Å². The van der Waals surface area contributed by atoms with Gasteiger partial charge in [0, 0.05) is 0 Å². The molecule has 0 saturated heterocycles. The Balaban J connectivity index is 2.60. The lowest BCUT2D eigenvalue weighted by atomic mass is 10.0. The van der Waals surface area contributed by atoms with Crippen LogP contribution >= 0.6 is 0 Å². The predicted molar refractivity (Wildman–Crippen MR) is 67.2 cm³/mol. The Hall–Kier alpha value is -1.56. The van der Waals surface area contributed by atoms with Crippen LogP contribution in [0.5, 0.6) is 0 Å². The van der Waals surface area contributed by atoms with Gasteiger partial charge in [0.1, 0.15) is 0 Å². The minimum Gasteiger partial charge on any atom is -0.0985 e. The van der Waals surface area contributed by atoms with Crippen LogP contribution in [-0.2, 0) is 0 Å². The maximum Gasteiger partial charge on any atom is -0.0175 e. The van der Waals surface area contributed by atoms with Crippen LogP contribution in [-0.4, -0.2) is 0 Å². The highest BCUT2D eigenvalue weighted by atomic mass is 14.1. The minimum absolute atomic E-state index is 0.572. The van der Waals surface area contributed by atoms with Gasteiger partial charge in [0.15, 0.2) is 0 Å². The van der Waals surface area contributed by atoms with Crippen molar-refractivity contribution in [2.75, 3.05) is 0 Å². The van der Waals surface area contributed by atoms with Gasteiger partial charge in [0.25, 0.3) is 0 Å². The molecule has 0 amide bonds.